The third-order valence-corrected chi connectivity index (χ3v) is 7.61. The van der Waals surface area contributed by atoms with Gasteiger partial charge in [-0.05, 0) is 28.8 Å². The van der Waals surface area contributed by atoms with Gasteiger partial charge in [0, 0.05) is 30.2 Å². The van der Waals surface area contributed by atoms with Crippen LogP contribution in [0.4, 0.5) is 0 Å². The Morgan fingerprint density at radius 2 is 1.51 bits per heavy atom. The van der Waals surface area contributed by atoms with E-state index >= 15 is 0 Å². The Balaban J connectivity index is 1.19. The van der Waals surface area contributed by atoms with E-state index in [-0.39, 0.29) is 24.3 Å². The van der Waals surface area contributed by atoms with E-state index in [1.807, 2.05) is 72.8 Å². The molecule has 0 saturated carbocycles. The van der Waals surface area contributed by atoms with Crippen molar-refractivity contribution >= 4 is 29.5 Å². The minimum Gasteiger partial charge on any atom is -0.342 e. The zero-order valence-electron chi connectivity index (χ0n) is 19.3. The summed E-state index contributed by atoms with van der Waals surface area (Å²) in [5, 5.41) is 2.89. The molecule has 2 aliphatic heterocycles. The number of rotatable bonds is 6. The summed E-state index contributed by atoms with van der Waals surface area (Å²) in [6, 6.07) is 26.4. The first kappa shape index (κ1) is 23.2. The smallest absolute Gasteiger partial charge is 0.253 e. The predicted octanol–water partition coefficient (Wildman–Crippen LogP) is 3.44. The predicted molar refractivity (Wildman–Crippen MR) is 138 cm³/mol. The fourth-order valence-corrected chi connectivity index (χ4v) is 5.59. The van der Waals surface area contributed by atoms with E-state index in [9.17, 15) is 14.4 Å². The Morgan fingerprint density at radius 1 is 0.857 bits per heavy atom. The Morgan fingerprint density at radius 3 is 2.23 bits per heavy atom. The zero-order valence-corrected chi connectivity index (χ0v) is 20.1. The summed E-state index contributed by atoms with van der Waals surface area (Å²) in [5.74, 6) is 0.945. The standard InChI is InChI=1S/C28H27N3O3S/c32-26-25-17-30(27(33)23-13-11-22(12-14-23)21-9-5-2-6-10-21)15-16-31(25)28(34)24(29-26)19-35-18-20-7-3-1-4-8-20/h1-14,24-25H,15-19H2,(H,29,32)/t24-,25+/m0/s1. The monoisotopic (exact) mass is 485 g/mol. The van der Waals surface area contributed by atoms with Gasteiger partial charge in [-0.25, -0.2) is 0 Å². The second-order valence-corrected chi connectivity index (χ2v) is 9.83. The number of amides is 3. The van der Waals surface area contributed by atoms with E-state index in [0.717, 1.165) is 16.9 Å². The molecule has 35 heavy (non-hydrogen) atoms. The molecular formula is C28H27N3O3S. The van der Waals surface area contributed by atoms with Crippen LogP contribution in [0.2, 0.25) is 0 Å². The van der Waals surface area contributed by atoms with Crippen molar-refractivity contribution in [2.24, 2.45) is 0 Å². The fourth-order valence-electron chi connectivity index (χ4n) is 4.59. The highest BCUT2D eigenvalue weighted by Crippen LogP contribution is 2.23. The molecule has 2 saturated heterocycles. The second-order valence-electron chi connectivity index (χ2n) is 8.80. The first-order valence-corrected chi connectivity index (χ1v) is 12.9. The molecule has 1 N–H and O–H groups in total. The Bertz CT molecular complexity index is 1200. The van der Waals surface area contributed by atoms with Crippen LogP contribution in [0.3, 0.4) is 0 Å². The molecule has 6 nitrogen and oxygen atoms in total. The lowest BCUT2D eigenvalue weighted by Gasteiger charge is -2.45. The van der Waals surface area contributed by atoms with Crippen molar-refractivity contribution in [1.82, 2.24) is 15.1 Å². The summed E-state index contributed by atoms with van der Waals surface area (Å²) in [7, 11) is 0. The molecule has 3 aromatic rings. The summed E-state index contributed by atoms with van der Waals surface area (Å²) < 4.78 is 0. The number of piperazine rings is 2. The van der Waals surface area contributed by atoms with E-state index in [2.05, 4.69) is 17.4 Å². The van der Waals surface area contributed by atoms with Crippen LogP contribution in [-0.2, 0) is 15.3 Å². The number of fused-ring (bicyclic) bond motifs is 1. The highest BCUT2D eigenvalue weighted by atomic mass is 32.2. The number of benzene rings is 3. The summed E-state index contributed by atoms with van der Waals surface area (Å²) >= 11 is 1.63. The van der Waals surface area contributed by atoms with Crippen LogP contribution >= 0.6 is 11.8 Å². The summed E-state index contributed by atoms with van der Waals surface area (Å²) in [5.41, 5.74) is 3.90. The third kappa shape index (κ3) is 5.10. The summed E-state index contributed by atoms with van der Waals surface area (Å²) in [6.07, 6.45) is 0. The van der Waals surface area contributed by atoms with Gasteiger partial charge < -0.3 is 15.1 Å². The number of hydrogen-bond acceptors (Lipinski definition) is 4. The first-order valence-electron chi connectivity index (χ1n) is 11.8. The molecule has 0 unspecified atom stereocenters. The number of thioether (sulfide) groups is 1. The van der Waals surface area contributed by atoms with Crippen LogP contribution < -0.4 is 5.32 Å². The normalized spacial score (nSPS) is 19.8. The van der Waals surface area contributed by atoms with Gasteiger partial charge in [0.15, 0.2) is 0 Å². The molecule has 0 bridgehead atoms. The number of hydrogen-bond donors (Lipinski definition) is 1. The second kappa shape index (κ2) is 10.4. The Kier molecular flexibility index (Phi) is 6.86. The molecule has 0 aliphatic carbocycles. The van der Waals surface area contributed by atoms with E-state index in [1.165, 1.54) is 5.56 Å². The van der Waals surface area contributed by atoms with Crippen LogP contribution in [-0.4, -0.2) is 65.0 Å². The Labute approximate surface area is 209 Å². The van der Waals surface area contributed by atoms with Gasteiger partial charge in [0.1, 0.15) is 12.1 Å². The maximum atomic E-state index is 13.1. The van der Waals surface area contributed by atoms with Crippen molar-refractivity contribution in [1.29, 1.82) is 0 Å². The SMILES string of the molecule is O=C1N[C@@H](CSCc2ccccc2)C(=O)N2CCN(C(=O)c3ccc(-c4ccccc4)cc3)C[C@H]12. The van der Waals surface area contributed by atoms with Gasteiger partial charge in [0.25, 0.3) is 5.91 Å². The largest absolute Gasteiger partial charge is 0.342 e. The lowest BCUT2D eigenvalue weighted by Crippen LogP contribution is -2.70. The number of carbonyl (C=O) groups excluding carboxylic acids is 3. The quantitative estimate of drug-likeness (QED) is 0.581. The molecule has 0 radical (unpaired) electrons. The van der Waals surface area contributed by atoms with E-state index in [0.29, 0.717) is 24.4 Å². The van der Waals surface area contributed by atoms with Crippen molar-refractivity contribution < 1.29 is 14.4 Å². The highest BCUT2D eigenvalue weighted by molar-refractivity contribution is 7.98. The van der Waals surface area contributed by atoms with E-state index in [4.69, 9.17) is 0 Å². The molecule has 5 rings (SSSR count). The van der Waals surface area contributed by atoms with Crippen molar-refractivity contribution in [2.45, 2.75) is 17.8 Å². The van der Waals surface area contributed by atoms with Crippen molar-refractivity contribution in [3.8, 4) is 11.1 Å². The number of nitrogens with one attached hydrogen (secondary N) is 1. The average molecular weight is 486 g/mol. The van der Waals surface area contributed by atoms with E-state index < -0.39 is 12.1 Å². The van der Waals surface area contributed by atoms with Crippen molar-refractivity contribution in [3.63, 3.8) is 0 Å². The topological polar surface area (TPSA) is 69.7 Å². The zero-order chi connectivity index (χ0) is 24.2. The summed E-state index contributed by atoms with van der Waals surface area (Å²) in [4.78, 5) is 42.4. The van der Waals surface area contributed by atoms with Gasteiger partial charge in [0.2, 0.25) is 11.8 Å². The summed E-state index contributed by atoms with van der Waals surface area (Å²) in [6.45, 7) is 0.990. The minimum atomic E-state index is -0.640. The molecule has 178 valence electrons. The molecule has 0 aromatic heterocycles. The minimum absolute atomic E-state index is 0.0607. The highest BCUT2D eigenvalue weighted by Gasteiger charge is 2.44. The van der Waals surface area contributed by atoms with Gasteiger partial charge in [-0.2, -0.15) is 11.8 Å². The van der Waals surface area contributed by atoms with Gasteiger partial charge >= 0.3 is 0 Å². The van der Waals surface area contributed by atoms with Crippen LogP contribution in [0.15, 0.2) is 84.9 Å². The molecule has 2 atom stereocenters. The van der Waals surface area contributed by atoms with Crippen LogP contribution in [0.1, 0.15) is 15.9 Å². The molecule has 7 heteroatoms. The lowest BCUT2D eigenvalue weighted by atomic mass is 10.0. The average Bonchev–Trinajstić information content (AvgIpc) is 2.92. The molecular weight excluding hydrogens is 458 g/mol. The maximum absolute atomic E-state index is 13.1. The van der Waals surface area contributed by atoms with Crippen molar-refractivity contribution in [3.05, 3.63) is 96.1 Å². The number of nitrogens with zero attached hydrogens (tertiary/aromatic N) is 2. The van der Waals surface area contributed by atoms with E-state index in [1.54, 1.807) is 21.6 Å². The molecule has 2 fully saturated rings. The number of carbonyl (C=O) groups is 3. The van der Waals surface area contributed by atoms with Gasteiger partial charge in [-0.1, -0.05) is 72.8 Å². The fraction of sp³-hybridized carbons (Fsp3) is 0.250. The molecule has 2 aliphatic rings. The van der Waals surface area contributed by atoms with Gasteiger partial charge in [-0.3, -0.25) is 14.4 Å². The lowest BCUT2D eigenvalue weighted by molar-refractivity contribution is -0.151. The molecule has 2 heterocycles. The third-order valence-electron chi connectivity index (χ3n) is 6.50. The first-order chi connectivity index (χ1) is 17.1. The molecule has 3 amide bonds. The maximum Gasteiger partial charge on any atom is 0.253 e. The van der Waals surface area contributed by atoms with Crippen LogP contribution in [0.25, 0.3) is 11.1 Å². The molecule has 0 spiro atoms. The van der Waals surface area contributed by atoms with Crippen molar-refractivity contribution in [2.75, 3.05) is 25.4 Å². The Hall–Kier alpha value is -3.58. The van der Waals surface area contributed by atoms with Gasteiger partial charge in [-0.15, -0.1) is 0 Å². The van der Waals surface area contributed by atoms with Crippen LogP contribution in [0.5, 0.6) is 0 Å². The van der Waals surface area contributed by atoms with Crippen LogP contribution in [0, 0.1) is 0 Å². The van der Waals surface area contributed by atoms with Gasteiger partial charge in [0.05, 0.1) is 6.54 Å². The molecule has 3 aromatic carbocycles.